The summed E-state index contributed by atoms with van der Waals surface area (Å²) < 4.78 is 13.0. The monoisotopic (exact) mass is 496 g/mol. The molecule has 0 aliphatic carbocycles. The van der Waals surface area contributed by atoms with Crippen LogP contribution in [0.3, 0.4) is 0 Å². The molecule has 0 atom stereocenters. The minimum Gasteiger partial charge on any atom is -0.471 e. The van der Waals surface area contributed by atoms with Crippen molar-refractivity contribution in [3.8, 4) is 33.5 Å². The summed E-state index contributed by atoms with van der Waals surface area (Å²) in [4.78, 5) is 21.9. The lowest BCUT2D eigenvalue weighted by Crippen LogP contribution is -2.03. The van der Waals surface area contributed by atoms with Gasteiger partial charge in [-0.15, -0.1) is 11.3 Å². The predicted octanol–water partition coefficient (Wildman–Crippen LogP) is 5.93. The third-order valence-corrected chi connectivity index (χ3v) is 6.50. The molecular weight excluding hydrogens is 472 g/mol. The van der Waals surface area contributed by atoms with Gasteiger partial charge in [0.1, 0.15) is 17.3 Å². The molecule has 0 fully saturated rings. The van der Waals surface area contributed by atoms with Gasteiger partial charge in [-0.2, -0.15) is 5.10 Å². The molecule has 180 valence electrons. The average molecular weight is 497 g/mol. The number of thiazole rings is 1. The van der Waals surface area contributed by atoms with Gasteiger partial charge in [-0.05, 0) is 12.5 Å². The summed E-state index contributed by atoms with van der Waals surface area (Å²) in [5.41, 5.74) is 4.45. The first-order valence-electron chi connectivity index (χ1n) is 11.5. The summed E-state index contributed by atoms with van der Waals surface area (Å²) in [6.07, 6.45) is 3.48. The van der Waals surface area contributed by atoms with Gasteiger partial charge in [-0.3, -0.25) is 9.48 Å². The molecule has 5 rings (SSSR count). The van der Waals surface area contributed by atoms with Crippen molar-refractivity contribution in [1.29, 1.82) is 0 Å². The van der Waals surface area contributed by atoms with Gasteiger partial charge in [0.25, 0.3) is 0 Å². The van der Waals surface area contributed by atoms with E-state index in [2.05, 4.69) is 29.1 Å². The number of nitrogens with zero attached hydrogens (tertiary/aromatic N) is 4. The first kappa shape index (κ1) is 23.4. The molecule has 2 aromatic carbocycles. The third-order valence-electron chi connectivity index (χ3n) is 5.44. The molecular formula is C28H24N4O3S. The maximum absolute atomic E-state index is 11.6. The van der Waals surface area contributed by atoms with E-state index >= 15 is 0 Å². The Labute approximate surface area is 213 Å². The number of carbonyl (C=O) groups is 1. The molecule has 0 radical (unpaired) electrons. The molecule has 0 bridgehead atoms. The zero-order valence-electron chi connectivity index (χ0n) is 19.9. The predicted molar refractivity (Wildman–Crippen MR) is 139 cm³/mol. The van der Waals surface area contributed by atoms with Crippen LogP contribution < -0.4 is 9.47 Å². The second-order valence-corrected chi connectivity index (χ2v) is 9.38. The van der Waals surface area contributed by atoms with Gasteiger partial charge < -0.3 is 9.47 Å². The maximum atomic E-state index is 11.6. The van der Waals surface area contributed by atoms with Crippen molar-refractivity contribution < 1.29 is 14.3 Å². The van der Waals surface area contributed by atoms with Crippen LogP contribution >= 0.6 is 11.3 Å². The lowest BCUT2D eigenvalue weighted by Gasteiger charge is -2.06. The molecule has 8 heteroatoms. The van der Waals surface area contributed by atoms with Crippen LogP contribution in [0.4, 0.5) is 0 Å². The molecule has 7 nitrogen and oxygen atoms in total. The summed E-state index contributed by atoms with van der Waals surface area (Å²) in [6.45, 7) is 4.26. The molecule has 0 aliphatic rings. The third kappa shape index (κ3) is 5.50. The van der Waals surface area contributed by atoms with Crippen LogP contribution in [0.1, 0.15) is 23.1 Å². The van der Waals surface area contributed by atoms with Crippen LogP contribution in [0, 0.1) is 6.92 Å². The molecule has 0 spiro atoms. The number of hydrogen-bond donors (Lipinski definition) is 0. The molecule has 3 heterocycles. The van der Waals surface area contributed by atoms with Gasteiger partial charge in [-0.25, -0.2) is 9.97 Å². The second-order valence-electron chi connectivity index (χ2n) is 8.18. The van der Waals surface area contributed by atoms with Crippen LogP contribution in [0.5, 0.6) is 11.6 Å². The molecule has 0 unspecified atom stereocenters. The van der Waals surface area contributed by atoms with Crippen molar-refractivity contribution in [2.75, 3.05) is 0 Å². The smallest absolute Gasteiger partial charge is 0.308 e. The second kappa shape index (κ2) is 10.5. The standard InChI is InChI=1S/C28H24N4O3S/c1-19-24(30-28(36-19)23-11-7-4-8-12-23)18-34-26-14-13-21(15-29-26)16-32-17-25(35-20(2)33)27(31-32)22-9-5-3-6-10-22/h3-15,17H,16,18H2,1-2H3. The number of carbonyl (C=O) groups excluding carboxylic acids is 1. The largest absolute Gasteiger partial charge is 0.471 e. The zero-order chi connectivity index (χ0) is 24.9. The summed E-state index contributed by atoms with van der Waals surface area (Å²) in [7, 11) is 0. The van der Waals surface area contributed by atoms with E-state index in [0.29, 0.717) is 30.5 Å². The number of pyridine rings is 1. The van der Waals surface area contributed by atoms with E-state index in [1.54, 1.807) is 28.4 Å². The Morgan fingerprint density at radius 3 is 2.36 bits per heavy atom. The summed E-state index contributed by atoms with van der Waals surface area (Å²) >= 11 is 1.66. The molecule has 0 aliphatic heterocycles. The van der Waals surface area contributed by atoms with Crippen LogP contribution in [0.15, 0.2) is 85.2 Å². The highest BCUT2D eigenvalue weighted by Gasteiger charge is 2.15. The number of aryl methyl sites for hydroxylation is 1. The van der Waals surface area contributed by atoms with E-state index < -0.39 is 0 Å². The molecule has 36 heavy (non-hydrogen) atoms. The Morgan fingerprint density at radius 1 is 0.972 bits per heavy atom. The molecule has 0 saturated heterocycles. The number of esters is 1. The lowest BCUT2D eigenvalue weighted by molar-refractivity contribution is -0.131. The fraction of sp³-hybridized carbons (Fsp3) is 0.143. The Morgan fingerprint density at radius 2 is 1.69 bits per heavy atom. The molecule has 0 saturated carbocycles. The van der Waals surface area contributed by atoms with E-state index in [1.807, 2.05) is 60.7 Å². The van der Waals surface area contributed by atoms with Crippen LogP contribution in [-0.4, -0.2) is 25.7 Å². The highest BCUT2D eigenvalue weighted by molar-refractivity contribution is 7.15. The van der Waals surface area contributed by atoms with E-state index in [9.17, 15) is 4.79 Å². The van der Waals surface area contributed by atoms with Gasteiger partial charge in [-0.1, -0.05) is 66.7 Å². The van der Waals surface area contributed by atoms with Crippen molar-refractivity contribution >= 4 is 17.3 Å². The van der Waals surface area contributed by atoms with Crippen molar-refractivity contribution in [2.45, 2.75) is 27.0 Å². The summed E-state index contributed by atoms with van der Waals surface area (Å²) in [5, 5.41) is 5.62. The van der Waals surface area contributed by atoms with E-state index in [1.165, 1.54) is 6.92 Å². The van der Waals surface area contributed by atoms with Gasteiger partial charge in [0.15, 0.2) is 5.75 Å². The molecule has 5 aromatic rings. The first-order valence-corrected chi connectivity index (χ1v) is 12.3. The molecule has 0 N–H and O–H groups in total. The molecule has 0 amide bonds. The maximum Gasteiger partial charge on any atom is 0.308 e. The van der Waals surface area contributed by atoms with E-state index in [0.717, 1.165) is 32.3 Å². The quantitative estimate of drug-likeness (QED) is 0.248. The van der Waals surface area contributed by atoms with E-state index in [4.69, 9.17) is 14.5 Å². The fourth-order valence-corrected chi connectivity index (χ4v) is 4.62. The van der Waals surface area contributed by atoms with Crippen LogP contribution in [0.2, 0.25) is 0 Å². The fourth-order valence-electron chi connectivity index (χ4n) is 3.69. The van der Waals surface area contributed by atoms with Crippen molar-refractivity contribution in [1.82, 2.24) is 19.7 Å². The van der Waals surface area contributed by atoms with Crippen LogP contribution in [-0.2, 0) is 17.9 Å². The van der Waals surface area contributed by atoms with Crippen molar-refractivity contribution in [3.05, 3.63) is 101 Å². The number of ether oxygens (including phenoxy) is 2. The lowest BCUT2D eigenvalue weighted by atomic mass is 10.1. The summed E-state index contributed by atoms with van der Waals surface area (Å²) in [5.74, 6) is 0.565. The summed E-state index contributed by atoms with van der Waals surface area (Å²) in [6, 6.07) is 23.5. The Kier molecular flexibility index (Phi) is 6.86. The SMILES string of the molecule is CC(=O)Oc1cn(Cc2ccc(OCc3nc(-c4ccccc4)sc3C)nc2)nc1-c1ccccc1. The zero-order valence-corrected chi connectivity index (χ0v) is 20.7. The number of rotatable bonds is 8. The van der Waals surface area contributed by atoms with Crippen molar-refractivity contribution in [3.63, 3.8) is 0 Å². The Balaban J connectivity index is 1.26. The van der Waals surface area contributed by atoms with Gasteiger partial charge in [0, 0.05) is 35.2 Å². The molecule has 3 aromatic heterocycles. The van der Waals surface area contributed by atoms with Gasteiger partial charge in [0.05, 0.1) is 18.4 Å². The van der Waals surface area contributed by atoms with Gasteiger partial charge >= 0.3 is 5.97 Å². The number of hydrogen-bond acceptors (Lipinski definition) is 7. The first-order chi connectivity index (χ1) is 17.5. The number of benzene rings is 2. The van der Waals surface area contributed by atoms with Gasteiger partial charge in [0.2, 0.25) is 5.88 Å². The van der Waals surface area contributed by atoms with E-state index in [-0.39, 0.29) is 5.97 Å². The average Bonchev–Trinajstić information content (AvgIpc) is 3.47. The Hall–Kier alpha value is -4.30. The highest BCUT2D eigenvalue weighted by atomic mass is 32.1. The van der Waals surface area contributed by atoms with Crippen molar-refractivity contribution in [2.24, 2.45) is 0 Å². The normalized spacial score (nSPS) is 10.8. The highest BCUT2D eigenvalue weighted by Crippen LogP contribution is 2.30. The number of aromatic nitrogens is 4. The topological polar surface area (TPSA) is 79.1 Å². The minimum atomic E-state index is -0.388. The minimum absolute atomic E-state index is 0.354. The Bertz CT molecular complexity index is 1460. The van der Waals surface area contributed by atoms with Crippen LogP contribution in [0.25, 0.3) is 21.8 Å².